The number of fused-ring (bicyclic) bond motifs is 2. The van der Waals surface area contributed by atoms with Gasteiger partial charge in [0.15, 0.2) is 0 Å². The summed E-state index contributed by atoms with van der Waals surface area (Å²) >= 11 is 0. The van der Waals surface area contributed by atoms with Crippen LogP contribution in [-0.4, -0.2) is 25.7 Å². The summed E-state index contributed by atoms with van der Waals surface area (Å²) in [5.74, 6) is -0.449. The van der Waals surface area contributed by atoms with Gasteiger partial charge in [-0.2, -0.15) is 0 Å². The number of carbonyl (C=O) groups is 1. The highest BCUT2D eigenvalue weighted by molar-refractivity contribution is 5.90. The quantitative estimate of drug-likeness (QED) is 0.371. The van der Waals surface area contributed by atoms with Crippen LogP contribution in [0.25, 0.3) is 10.8 Å². The van der Waals surface area contributed by atoms with Crippen molar-refractivity contribution in [3.05, 3.63) is 113 Å². The van der Waals surface area contributed by atoms with Crippen LogP contribution in [0.4, 0.5) is 4.39 Å². The third kappa shape index (κ3) is 4.39. The monoisotopic (exact) mass is 455 g/mol. The lowest BCUT2D eigenvalue weighted by Crippen LogP contribution is -2.35. The van der Waals surface area contributed by atoms with E-state index in [0.29, 0.717) is 13.0 Å². The largest absolute Gasteiger partial charge is 0.489 e. The molecule has 0 aliphatic carbocycles. The molecule has 4 aromatic carbocycles. The molecule has 0 bridgehead atoms. The molecule has 0 saturated heterocycles. The van der Waals surface area contributed by atoms with E-state index in [4.69, 9.17) is 9.47 Å². The number of esters is 1. The summed E-state index contributed by atoms with van der Waals surface area (Å²) in [6.45, 7) is 1.40. The first kappa shape index (κ1) is 22.1. The highest BCUT2D eigenvalue weighted by Crippen LogP contribution is 2.40. The lowest BCUT2D eigenvalue weighted by Gasteiger charge is -2.33. The van der Waals surface area contributed by atoms with Gasteiger partial charge in [-0.15, -0.1) is 0 Å². The van der Waals surface area contributed by atoms with Crippen molar-refractivity contribution >= 4 is 16.7 Å². The first-order chi connectivity index (χ1) is 16.6. The Morgan fingerprint density at radius 3 is 2.71 bits per heavy atom. The van der Waals surface area contributed by atoms with E-state index in [1.165, 1.54) is 29.5 Å². The van der Waals surface area contributed by atoms with Gasteiger partial charge in [-0.05, 0) is 46.5 Å². The lowest BCUT2D eigenvalue weighted by molar-refractivity contribution is 0.0595. The Kier molecular flexibility index (Phi) is 6.28. The summed E-state index contributed by atoms with van der Waals surface area (Å²) < 4.78 is 25.3. The molecule has 0 fully saturated rings. The number of rotatable bonds is 6. The number of hydrogen-bond acceptors (Lipinski definition) is 4. The van der Waals surface area contributed by atoms with Crippen LogP contribution in [0, 0.1) is 5.82 Å². The van der Waals surface area contributed by atoms with Crippen molar-refractivity contribution in [3.8, 4) is 5.75 Å². The van der Waals surface area contributed by atoms with Gasteiger partial charge in [0.05, 0.1) is 12.7 Å². The fourth-order valence-corrected chi connectivity index (χ4v) is 4.77. The zero-order valence-electron chi connectivity index (χ0n) is 19.0. The predicted octanol–water partition coefficient (Wildman–Crippen LogP) is 5.84. The average Bonchev–Trinajstić information content (AvgIpc) is 2.88. The second-order valence-electron chi connectivity index (χ2n) is 8.57. The van der Waals surface area contributed by atoms with Gasteiger partial charge < -0.3 is 14.8 Å². The van der Waals surface area contributed by atoms with Crippen molar-refractivity contribution in [2.75, 3.05) is 13.7 Å². The molecule has 0 amide bonds. The molecule has 0 aromatic heterocycles. The zero-order valence-corrected chi connectivity index (χ0v) is 19.0. The Bertz CT molecular complexity index is 1330. The number of benzene rings is 4. The van der Waals surface area contributed by atoms with Gasteiger partial charge in [-0.25, -0.2) is 9.18 Å². The van der Waals surface area contributed by atoms with Gasteiger partial charge >= 0.3 is 5.97 Å². The van der Waals surface area contributed by atoms with Crippen molar-refractivity contribution in [1.82, 2.24) is 5.32 Å². The van der Waals surface area contributed by atoms with Crippen molar-refractivity contribution in [2.45, 2.75) is 25.0 Å². The molecule has 34 heavy (non-hydrogen) atoms. The van der Waals surface area contributed by atoms with Crippen LogP contribution >= 0.6 is 0 Å². The Morgan fingerprint density at radius 1 is 1.03 bits per heavy atom. The smallest absolute Gasteiger partial charge is 0.340 e. The van der Waals surface area contributed by atoms with Crippen molar-refractivity contribution in [3.63, 3.8) is 0 Å². The Hall–Kier alpha value is -3.70. The molecule has 1 aliphatic rings. The Morgan fingerprint density at radius 2 is 1.82 bits per heavy atom. The van der Waals surface area contributed by atoms with Crippen LogP contribution in [-0.2, 0) is 11.3 Å². The van der Waals surface area contributed by atoms with Crippen molar-refractivity contribution in [1.29, 1.82) is 0 Å². The summed E-state index contributed by atoms with van der Waals surface area (Å²) in [6, 6.07) is 27.3. The van der Waals surface area contributed by atoms with E-state index in [1.54, 1.807) is 12.1 Å². The molecule has 1 aliphatic heterocycles. The number of para-hydroxylation sites is 1. The van der Waals surface area contributed by atoms with E-state index in [9.17, 15) is 9.18 Å². The van der Waals surface area contributed by atoms with Gasteiger partial charge in [0.2, 0.25) is 0 Å². The molecule has 4 nitrogen and oxygen atoms in total. The Labute approximate surface area is 198 Å². The average molecular weight is 456 g/mol. The van der Waals surface area contributed by atoms with Crippen molar-refractivity contribution < 1.29 is 18.7 Å². The van der Waals surface area contributed by atoms with Gasteiger partial charge in [0.25, 0.3) is 0 Å². The van der Waals surface area contributed by atoms with Crippen LogP contribution in [0.1, 0.15) is 39.4 Å². The van der Waals surface area contributed by atoms with E-state index in [0.717, 1.165) is 23.4 Å². The first-order valence-electron chi connectivity index (χ1n) is 11.4. The molecule has 2 unspecified atom stereocenters. The third-order valence-corrected chi connectivity index (χ3v) is 6.45. The summed E-state index contributed by atoms with van der Waals surface area (Å²) in [4.78, 5) is 12.1. The number of hydrogen-bond donors (Lipinski definition) is 1. The number of methoxy groups -OCH3 is 1. The molecule has 5 heteroatoms. The Balaban J connectivity index is 1.36. The van der Waals surface area contributed by atoms with Crippen molar-refractivity contribution in [2.24, 2.45) is 0 Å². The molecule has 0 saturated carbocycles. The fraction of sp³-hybridized carbons (Fsp3) is 0.207. The molecule has 0 spiro atoms. The van der Waals surface area contributed by atoms with Gasteiger partial charge in [0, 0.05) is 24.6 Å². The molecule has 1 heterocycles. The minimum atomic E-state index is -0.673. The molecular weight excluding hydrogens is 429 g/mol. The summed E-state index contributed by atoms with van der Waals surface area (Å²) in [7, 11) is 1.26. The number of nitrogens with one attached hydrogen (secondary N) is 1. The molecule has 5 rings (SSSR count). The summed E-state index contributed by atoms with van der Waals surface area (Å²) in [5, 5.41) is 6.02. The topological polar surface area (TPSA) is 47.6 Å². The SMILES string of the molecule is COC(=O)c1cc(C2CC(CNCc3cccc4ccccc34)Oc3ccccc32)ccc1F. The van der Waals surface area contributed by atoms with Gasteiger partial charge in [-0.1, -0.05) is 66.7 Å². The highest BCUT2D eigenvalue weighted by Gasteiger charge is 2.30. The van der Waals surface area contributed by atoms with Gasteiger partial charge in [0.1, 0.15) is 17.7 Å². The number of halogens is 1. The van der Waals surface area contributed by atoms with Gasteiger partial charge in [-0.3, -0.25) is 0 Å². The summed E-state index contributed by atoms with van der Waals surface area (Å²) in [5.41, 5.74) is 3.11. The van der Waals surface area contributed by atoms with E-state index >= 15 is 0 Å². The maximum Gasteiger partial charge on any atom is 0.340 e. The molecule has 1 N–H and O–H groups in total. The van der Waals surface area contributed by atoms with Crippen LogP contribution < -0.4 is 10.1 Å². The summed E-state index contributed by atoms with van der Waals surface area (Å²) in [6.07, 6.45) is 0.646. The van der Waals surface area contributed by atoms with E-state index in [2.05, 4.69) is 41.7 Å². The lowest BCUT2D eigenvalue weighted by atomic mass is 9.83. The van der Waals surface area contributed by atoms with E-state index in [1.807, 2.05) is 30.3 Å². The normalized spacial score (nSPS) is 17.1. The molecule has 2 atom stereocenters. The third-order valence-electron chi connectivity index (χ3n) is 6.45. The second kappa shape index (κ2) is 9.65. The molecule has 4 aromatic rings. The number of carbonyl (C=O) groups excluding carboxylic acids is 1. The second-order valence-corrected chi connectivity index (χ2v) is 8.57. The molecular formula is C29H26FNO3. The van der Waals surface area contributed by atoms with E-state index in [-0.39, 0.29) is 17.6 Å². The van der Waals surface area contributed by atoms with Crippen LogP contribution in [0.15, 0.2) is 84.9 Å². The fourth-order valence-electron chi connectivity index (χ4n) is 4.77. The molecule has 0 radical (unpaired) electrons. The predicted molar refractivity (Wildman–Crippen MR) is 131 cm³/mol. The van der Waals surface area contributed by atoms with Crippen LogP contribution in [0.5, 0.6) is 5.75 Å². The molecule has 172 valence electrons. The zero-order chi connectivity index (χ0) is 23.5. The first-order valence-corrected chi connectivity index (χ1v) is 11.4. The minimum Gasteiger partial charge on any atom is -0.489 e. The van der Waals surface area contributed by atoms with E-state index < -0.39 is 11.8 Å². The standard InChI is InChI=1S/C29H26FNO3/c1-33-29(32)26-15-20(13-14-27(26)30)25-16-22(34-28-12-5-4-11-24(25)28)18-31-17-21-9-6-8-19-7-2-3-10-23(19)21/h2-15,22,25,31H,16-18H2,1H3. The van der Waals surface area contributed by atoms with Crippen LogP contribution in [0.3, 0.4) is 0 Å². The maximum absolute atomic E-state index is 14.3. The maximum atomic E-state index is 14.3. The number of ether oxygens (including phenoxy) is 2. The highest BCUT2D eigenvalue weighted by atomic mass is 19.1. The minimum absolute atomic E-state index is 0.0155. The van der Waals surface area contributed by atoms with Crippen LogP contribution in [0.2, 0.25) is 0 Å².